The molecule has 0 aliphatic carbocycles. The molecule has 0 aliphatic rings. The van der Waals surface area contributed by atoms with E-state index in [-0.39, 0.29) is 16.5 Å². The highest BCUT2D eigenvalue weighted by atomic mass is 32.3. The standard InChI is InChI=1S/C15H9NO8S/c17-15-11-3-1-2-4-14(11)23-8-12(15)10-6-5-9(24-25(20,21)22)7-13(10)16(18)19/h1-8H,(H,20,21,22). The van der Waals surface area contributed by atoms with Crippen LogP contribution in [-0.4, -0.2) is 17.9 Å². The van der Waals surface area contributed by atoms with E-state index in [9.17, 15) is 23.3 Å². The number of rotatable bonds is 4. The summed E-state index contributed by atoms with van der Waals surface area (Å²) in [7, 11) is -4.84. The van der Waals surface area contributed by atoms with Gasteiger partial charge in [-0.05, 0) is 24.3 Å². The Morgan fingerprint density at radius 3 is 2.52 bits per heavy atom. The van der Waals surface area contributed by atoms with E-state index in [0.29, 0.717) is 5.58 Å². The van der Waals surface area contributed by atoms with Gasteiger partial charge in [0.1, 0.15) is 11.8 Å². The predicted molar refractivity (Wildman–Crippen MR) is 86.8 cm³/mol. The fourth-order valence-corrected chi connectivity index (χ4v) is 2.67. The van der Waals surface area contributed by atoms with E-state index in [4.69, 9.17) is 8.97 Å². The van der Waals surface area contributed by atoms with Gasteiger partial charge in [0.15, 0.2) is 5.75 Å². The molecule has 0 amide bonds. The quantitative estimate of drug-likeness (QED) is 0.424. The van der Waals surface area contributed by atoms with Crippen LogP contribution >= 0.6 is 0 Å². The molecule has 3 aromatic rings. The second kappa shape index (κ2) is 6.00. The van der Waals surface area contributed by atoms with E-state index in [1.54, 1.807) is 18.2 Å². The molecule has 0 spiro atoms. The molecule has 1 N–H and O–H groups in total. The van der Waals surface area contributed by atoms with Crippen molar-refractivity contribution in [3.63, 3.8) is 0 Å². The second-order valence-electron chi connectivity index (χ2n) is 4.92. The molecule has 0 radical (unpaired) electrons. The van der Waals surface area contributed by atoms with E-state index in [1.807, 2.05) is 0 Å². The number of nitro groups is 1. The Balaban J connectivity index is 2.22. The van der Waals surface area contributed by atoms with E-state index in [1.165, 1.54) is 6.07 Å². The molecule has 1 aromatic heterocycles. The zero-order valence-corrected chi connectivity index (χ0v) is 13.1. The first-order valence-electron chi connectivity index (χ1n) is 6.72. The summed E-state index contributed by atoms with van der Waals surface area (Å²) in [5, 5.41) is 11.5. The molecular formula is C15H9NO8S. The molecule has 0 bridgehead atoms. The summed E-state index contributed by atoms with van der Waals surface area (Å²) in [6.45, 7) is 0. The lowest BCUT2D eigenvalue weighted by atomic mass is 10.0. The molecule has 0 saturated heterocycles. The molecule has 9 nitrogen and oxygen atoms in total. The van der Waals surface area contributed by atoms with Gasteiger partial charge in [0.25, 0.3) is 5.69 Å². The zero-order valence-electron chi connectivity index (χ0n) is 12.3. The highest BCUT2D eigenvalue weighted by Gasteiger charge is 2.22. The Morgan fingerprint density at radius 2 is 1.84 bits per heavy atom. The fourth-order valence-electron chi connectivity index (χ4n) is 2.33. The van der Waals surface area contributed by atoms with Crippen LogP contribution in [-0.2, 0) is 10.4 Å². The van der Waals surface area contributed by atoms with Crippen molar-refractivity contribution in [2.24, 2.45) is 0 Å². The molecule has 1 heterocycles. The number of benzene rings is 2. The van der Waals surface area contributed by atoms with Gasteiger partial charge in [0.05, 0.1) is 27.5 Å². The van der Waals surface area contributed by atoms with E-state index < -0.39 is 32.2 Å². The monoisotopic (exact) mass is 363 g/mol. The first kappa shape index (κ1) is 16.6. The summed E-state index contributed by atoms with van der Waals surface area (Å²) in [5.41, 5.74) is -0.877. The second-order valence-corrected chi connectivity index (χ2v) is 5.94. The van der Waals surface area contributed by atoms with Gasteiger partial charge in [-0.3, -0.25) is 19.5 Å². The van der Waals surface area contributed by atoms with Gasteiger partial charge in [0, 0.05) is 0 Å². The van der Waals surface area contributed by atoms with Crippen molar-refractivity contribution < 1.29 is 26.5 Å². The number of fused-ring (bicyclic) bond motifs is 1. The van der Waals surface area contributed by atoms with E-state index >= 15 is 0 Å². The molecule has 2 aromatic carbocycles. The van der Waals surface area contributed by atoms with Crippen molar-refractivity contribution in [1.82, 2.24) is 0 Å². The number of para-hydroxylation sites is 1. The third-order valence-corrected chi connectivity index (χ3v) is 3.74. The maximum absolute atomic E-state index is 12.6. The highest BCUT2D eigenvalue weighted by molar-refractivity contribution is 7.81. The molecule has 128 valence electrons. The Bertz CT molecular complexity index is 1150. The first-order valence-corrected chi connectivity index (χ1v) is 8.09. The summed E-state index contributed by atoms with van der Waals surface area (Å²) in [4.78, 5) is 23.1. The zero-order chi connectivity index (χ0) is 18.2. The molecule has 0 aliphatic heterocycles. The van der Waals surface area contributed by atoms with Crippen LogP contribution in [0, 0.1) is 10.1 Å². The normalized spacial score (nSPS) is 11.4. The van der Waals surface area contributed by atoms with Crippen LogP contribution in [0.15, 0.2) is 57.9 Å². The van der Waals surface area contributed by atoms with Crippen LogP contribution in [0.4, 0.5) is 5.69 Å². The van der Waals surface area contributed by atoms with Crippen LogP contribution < -0.4 is 9.61 Å². The predicted octanol–water partition coefficient (Wildman–Crippen LogP) is 2.55. The topological polar surface area (TPSA) is 137 Å². The largest absolute Gasteiger partial charge is 0.463 e. The lowest BCUT2D eigenvalue weighted by Gasteiger charge is -2.06. The van der Waals surface area contributed by atoms with Crippen molar-refractivity contribution in [2.45, 2.75) is 0 Å². The van der Waals surface area contributed by atoms with Crippen molar-refractivity contribution in [3.8, 4) is 16.9 Å². The van der Waals surface area contributed by atoms with E-state index in [2.05, 4.69) is 4.18 Å². The van der Waals surface area contributed by atoms with Crippen molar-refractivity contribution in [1.29, 1.82) is 0 Å². The van der Waals surface area contributed by atoms with Crippen molar-refractivity contribution in [3.05, 3.63) is 69.1 Å². The molecule has 0 fully saturated rings. The van der Waals surface area contributed by atoms with Crippen LogP contribution in [0.5, 0.6) is 5.75 Å². The molecule has 0 atom stereocenters. The SMILES string of the molecule is O=c1c(-c2ccc(OS(=O)(=O)O)cc2[N+](=O)[O-])coc2ccccc12. The van der Waals surface area contributed by atoms with Gasteiger partial charge in [-0.15, -0.1) is 0 Å². The summed E-state index contributed by atoms with van der Waals surface area (Å²) < 4.78 is 39.7. The van der Waals surface area contributed by atoms with Crippen LogP contribution in [0.25, 0.3) is 22.1 Å². The number of hydrogen-bond donors (Lipinski definition) is 1. The summed E-state index contributed by atoms with van der Waals surface area (Å²) >= 11 is 0. The number of hydrogen-bond acceptors (Lipinski definition) is 7. The maximum atomic E-state index is 12.6. The Hall–Kier alpha value is -3.24. The van der Waals surface area contributed by atoms with E-state index in [0.717, 1.165) is 24.5 Å². The Morgan fingerprint density at radius 1 is 1.12 bits per heavy atom. The third-order valence-electron chi connectivity index (χ3n) is 3.34. The van der Waals surface area contributed by atoms with Crippen LogP contribution in [0.3, 0.4) is 0 Å². The Kier molecular flexibility index (Phi) is 3.99. The van der Waals surface area contributed by atoms with Crippen LogP contribution in [0.1, 0.15) is 0 Å². The first-order chi connectivity index (χ1) is 11.8. The third kappa shape index (κ3) is 3.34. The van der Waals surface area contributed by atoms with Crippen molar-refractivity contribution in [2.75, 3.05) is 0 Å². The lowest BCUT2D eigenvalue weighted by molar-refractivity contribution is -0.384. The number of nitro benzene ring substituents is 1. The van der Waals surface area contributed by atoms with Gasteiger partial charge in [0.2, 0.25) is 5.43 Å². The summed E-state index contributed by atoms with van der Waals surface area (Å²) in [6, 6.07) is 9.40. The smallest absolute Gasteiger partial charge is 0.446 e. The number of nitrogens with zero attached hydrogens (tertiary/aromatic N) is 1. The average molecular weight is 363 g/mol. The summed E-state index contributed by atoms with van der Waals surface area (Å²) in [6.07, 6.45) is 1.09. The summed E-state index contributed by atoms with van der Waals surface area (Å²) in [5.74, 6) is -0.469. The molecule has 0 unspecified atom stereocenters. The van der Waals surface area contributed by atoms with Crippen LogP contribution in [0.2, 0.25) is 0 Å². The molecule has 3 rings (SSSR count). The molecular weight excluding hydrogens is 354 g/mol. The molecule has 25 heavy (non-hydrogen) atoms. The highest BCUT2D eigenvalue weighted by Crippen LogP contribution is 2.32. The maximum Gasteiger partial charge on any atom is 0.446 e. The molecule has 0 saturated carbocycles. The minimum atomic E-state index is -4.84. The fraction of sp³-hybridized carbons (Fsp3) is 0. The average Bonchev–Trinajstić information content (AvgIpc) is 2.54. The lowest BCUT2D eigenvalue weighted by Crippen LogP contribution is -2.08. The van der Waals surface area contributed by atoms with Crippen molar-refractivity contribution >= 4 is 27.1 Å². The van der Waals surface area contributed by atoms with Gasteiger partial charge in [-0.25, -0.2) is 0 Å². The van der Waals surface area contributed by atoms with Gasteiger partial charge < -0.3 is 8.60 Å². The minimum Gasteiger partial charge on any atom is -0.463 e. The van der Waals surface area contributed by atoms with Gasteiger partial charge >= 0.3 is 10.4 Å². The van der Waals surface area contributed by atoms with Gasteiger partial charge in [-0.2, -0.15) is 8.42 Å². The minimum absolute atomic E-state index is 0.0659. The van der Waals surface area contributed by atoms with Gasteiger partial charge in [-0.1, -0.05) is 12.1 Å². The Labute approximate surface area is 140 Å². The molecule has 10 heteroatoms.